The van der Waals surface area contributed by atoms with Gasteiger partial charge in [0, 0.05) is 55.5 Å². The van der Waals surface area contributed by atoms with E-state index in [0.717, 1.165) is 94.1 Å². The first kappa shape index (κ1) is 34.3. The number of fused-ring (bicyclic) bond motifs is 9. The van der Waals surface area contributed by atoms with Gasteiger partial charge in [0.15, 0.2) is 0 Å². The lowest BCUT2D eigenvalue weighted by Crippen LogP contribution is -2.00. The first-order chi connectivity index (χ1) is 30.2. The minimum absolute atomic E-state index is 0.578. The number of pyridine rings is 1. The molecule has 0 saturated heterocycles. The van der Waals surface area contributed by atoms with Crippen LogP contribution in [0.5, 0.6) is 0 Å². The normalized spacial score (nSPS) is 11.6. The van der Waals surface area contributed by atoms with Crippen LogP contribution in [0.15, 0.2) is 194 Å². The summed E-state index contributed by atoms with van der Waals surface area (Å²) in [6.45, 7) is 0. The zero-order valence-electron chi connectivity index (χ0n) is 32.7. The van der Waals surface area contributed by atoms with Gasteiger partial charge in [0.25, 0.3) is 0 Å². The van der Waals surface area contributed by atoms with Gasteiger partial charge in [-0.25, -0.2) is 0 Å². The fraction of sp³-hybridized carbons (Fsp3) is 0. The standard InChI is InChI=1S/C55H32N6/c56-33-35-20-24-53-46(27-35)44-13-3-7-18-51(44)60(53)41-29-38(28-39(30-41)48-15-9-10-26-58-48)36-21-22-37(34-57)55(31-36)61-52-19-8-4-14-45(52)47-32-40(23-25-54(47)61)59-49-16-5-1-11-42(49)43-12-2-6-17-50(43)59/h1-32H. The number of nitriles is 2. The van der Waals surface area contributed by atoms with Crippen LogP contribution in [0.2, 0.25) is 0 Å². The monoisotopic (exact) mass is 776 g/mol. The Balaban J connectivity index is 1.08. The molecule has 0 unspecified atom stereocenters. The second-order valence-corrected chi connectivity index (χ2v) is 15.4. The Morgan fingerprint density at radius 3 is 1.54 bits per heavy atom. The fourth-order valence-electron chi connectivity index (χ4n) is 9.46. The van der Waals surface area contributed by atoms with E-state index in [4.69, 9.17) is 4.98 Å². The van der Waals surface area contributed by atoms with Crippen molar-refractivity contribution in [2.24, 2.45) is 0 Å². The summed E-state index contributed by atoms with van der Waals surface area (Å²) >= 11 is 0. The Kier molecular flexibility index (Phi) is 7.56. The number of aromatic nitrogens is 4. The lowest BCUT2D eigenvalue weighted by atomic mass is 9.98. The average molecular weight is 777 g/mol. The summed E-state index contributed by atoms with van der Waals surface area (Å²) in [6, 6.07) is 70.1. The Morgan fingerprint density at radius 2 is 0.902 bits per heavy atom. The van der Waals surface area contributed by atoms with Crippen LogP contribution in [-0.2, 0) is 0 Å². The third-order valence-electron chi connectivity index (χ3n) is 12.1. The number of nitrogens with zero attached hydrogens (tertiary/aromatic N) is 6. The molecule has 0 aliphatic carbocycles. The summed E-state index contributed by atoms with van der Waals surface area (Å²) in [6.07, 6.45) is 1.82. The number of hydrogen-bond acceptors (Lipinski definition) is 3. The Bertz CT molecular complexity index is 3800. The molecule has 4 heterocycles. The molecule has 0 saturated carbocycles. The third kappa shape index (κ3) is 5.23. The molecule has 0 aliphatic heterocycles. The van der Waals surface area contributed by atoms with E-state index in [0.29, 0.717) is 11.1 Å². The molecule has 6 nitrogen and oxygen atoms in total. The molecule has 8 aromatic carbocycles. The van der Waals surface area contributed by atoms with E-state index in [1.165, 1.54) is 10.8 Å². The molecule has 0 atom stereocenters. The number of rotatable bonds is 5. The number of hydrogen-bond donors (Lipinski definition) is 0. The molecular weight excluding hydrogens is 745 g/mol. The topological polar surface area (TPSA) is 75.3 Å². The SMILES string of the molecule is N#Cc1ccc2c(c1)c1ccccc1n2-c1cc(-c2ccc(C#N)c(-n3c4ccccc4c4cc(-n5c6ccccc6c6ccccc65)ccc43)c2)cc(-c2ccccn2)c1. The predicted molar refractivity (Wildman–Crippen MR) is 248 cm³/mol. The summed E-state index contributed by atoms with van der Waals surface area (Å²) in [5.41, 5.74) is 14.2. The van der Waals surface area contributed by atoms with Crippen molar-refractivity contribution in [1.82, 2.24) is 18.7 Å². The van der Waals surface area contributed by atoms with E-state index in [-0.39, 0.29) is 0 Å². The van der Waals surface area contributed by atoms with Crippen LogP contribution in [0.3, 0.4) is 0 Å². The van der Waals surface area contributed by atoms with Crippen molar-refractivity contribution in [3.05, 3.63) is 205 Å². The molecule has 12 rings (SSSR count). The predicted octanol–water partition coefficient (Wildman–Crippen LogP) is 13.5. The second-order valence-electron chi connectivity index (χ2n) is 15.4. The first-order valence-corrected chi connectivity index (χ1v) is 20.2. The minimum Gasteiger partial charge on any atom is -0.309 e. The van der Waals surface area contributed by atoms with Gasteiger partial charge in [0.2, 0.25) is 0 Å². The maximum absolute atomic E-state index is 10.7. The van der Waals surface area contributed by atoms with E-state index in [1.54, 1.807) is 0 Å². The van der Waals surface area contributed by atoms with Gasteiger partial charge in [-0.2, -0.15) is 10.5 Å². The van der Waals surface area contributed by atoms with E-state index in [9.17, 15) is 10.5 Å². The van der Waals surface area contributed by atoms with Crippen molar-refractivity contribution in [2.45, 2.75) is 0 Å². The highest BCUT2D eigenvalue weighted by Crippen LogP contribution is 2.40. The molecule has 61 heavy (non-hydrogen) atoms. The van der Waals surface area contributed by atoms with Gasteiger partial charge in [0.1, 0.15) is 6.07 Å². The molecule has 0 N–H and O–H groups in total. The first-order valence-electron chi connectivity index (χ1n) is 20.2. The van der Waals surface area contributed by atoms with Gasteiger partial charge >= 0.3 is 0 Å². The van der Waals surface area contributed by atoms with Crippen LogP contribution in [0, 0.1) is 22.7 Å². The molecule has 0 fully saturated rings. The third-order valence-corrected chi connectivity index (χ3v) is 12.1. The molecule has 282 valence electrons. The summed E-state index contributed by atoms with van der Waals surface area (Å²) in [7, 11) is 0. The van der Waals surface area contributed by atoms with Gasteiger partial charge in [-0.3, -0.25) is 4.98 Å². The molecule has 0 radical (unpaired) electrons. The number of benzene rings is 8. The molecule has 0 amide bonds. The van der Waals surface area contributed by atoms with Crippen LogP contribution in [-0.4, -0.2) is 18.7 Å². The minimum atomic E-state index is 0.578. The average Bonchev–Trinajstić information content (AvgIpc) is 3.96. The Hall–Kier alpha value is -8.71. The van der Waals surface area contributed by atoms with E-state index in [2.05, 4.69) is 159 Å². The number of para-hydroxylation sites is 4. The zero-order valence-corrected chi connectivity index (χ0v) is 32.7. The maximum atomic E-state index is 10.7. The van der Waals surface area contributed by atoms with Crippen molar-refractivity contribution in [2.75, 3.05) is 0 Å². The van der Waals surface area contributed by atoms with Crippen molar-refractivity contribution in [1.29, 1.82) is 10.5 Å². The van der Waals surface area contributed by atoms with Gasteiger partial charge in [0.05, 0.1) is 61.7 Å². The van der Waals surface area contributed by atoms with Crippen LogP contribution in [0.25, 0.3) is 105 Å². The van der Waals surface area contributed by atoms with E-state index in [1.807, 2.05) is 60.8 Å². The van der Waals surface area contributed by atoms with Gasteiger partial charge < -0.3 is 13.7 Å². The van der Waals surface area contributed by atoms with E-state index >= 15 is 0 Å². The van der Waals surface area contributed by atoms with Crippen molar-refractivity contribution >= 4 is 65.4 Å². The van der Waals surface area contributed by atoms with Crippen molar-refractivity contribution in [3.63, 3.8) is 0 Å². The quantitative estimate of drug-likeness (QED) is 0.175. The molecule has 12 aromatic rings. The molecule has 0 spiro atoms. The summed E-state index contributed by atoms with van der Waals surface area (Å²) < 4.78 is 6.86. The van der Waals surface area contributed by atoms with Crippen LogP contribution in [0.1, 0.15) is 11.1 Å². The van der Waals surface area contributed by atoms with Crippen molar-refractivity contribution < 1.29 is 0 Å². The molecule has 0 bridgehead atoms. The highest BCUT2D eigenvalue weighted by atomic mass is 15.0. The van der Waals surface area contributed by atoms with E-state index < -0.39 is 0 Å². The highest BCUT2D eigenvalue weighted by molar-refractivity contribution is 6.13. The molecule has 0 aliphatic rings. The van der Waals surface area contributed by atoms with Gasteiger partial charge in [-0.15, -0.1) is 0 Å². The summed E-state index contributed by atoms with van der Waals surface area (Å²) in [4.78, 5) is 4.77. The van der Waals surface area contributed by atoms with Crippen LogP contribution >= 0.6 is 0 Å². The summed E-state index contributed by atoms with van der Waals surface area (Å²) in [5, 5.41) is 27.2. The lowest BCUT2D eigenvalue weighted by Gasteiger charge is -2.16. The molecule has 6 heteroatoms. The second kappa shape index (κ2) is 13.4. The van der Waals surface area contributed by atoms with Gasteiger partial charge in [-0.05, 0) is 114 Å². The molecule has 4 aromatic heterocycles. The summed E-state index contributed by atoms with van der Waals surface area (Å²) in [5.74, 6) is 0. The fourth-order valence-corrected chi connectivity index (χ4v) is 9.46. The largest absolute Gasteiger partial charge is 0.309 e. The van der Waals surface area contributed by atoms with Crippen molar-refractivity contribution in [3.8, 4) is 51.6 Å². The highest BCUT2D eigenvalue weighted by Gasteiger charge is 2.20. The van der Waals surface area contributed by atoms with Crippen LogP contribution < -0.4 is 0 Å². The molecular formula is C55H32N6. The maximum Gasteiger partial charge on any atom is 0.101 e. The smallest absolute Gasteiger partial charge is 0.101 e. The Morgan fingerprint density at radius 1 is 0.361 bits per heavy atom. The van der Waals surface area contributed by atoms with Gasteiger partial charge in [-0.1, -0.05) is 84.9 Å². The van der Waals surface area contributed by atoms with Crippen LogP contribution in [0.4, 0.5) is 0 Å². The Labute approximate surface area is 350 Å². The lowest BCUT2D eigenvalue weighted by molar-refractivity contribution is 1.16. The zero-order chi connectivity index (χ0) is 40.6.